The summed E-state index contributed by atoms with van der Waals surface area (Å²) in [5.41, 5.74) is 9.11. The van der Waals surface area contributed by atoms with Crippen molar-refractivity contribution >= 4 is 22.0 Å². The highest BCUT2D eigenvalue weighted by molar-refractivity contribution is 7.16. The third-order valence-corrected chi connectivity index (χ3v) is 3.63. The second-order valence-electron chi connectivity index (χ2n) is 3.73. The fraction of sp³-hybridized carbons (Fsp3) is 0.200. The Hall–Kier alpha value is -1.82. The molecule has 0 aromatic carbocycles. The lowest BCUT2D eigenvalue weighted by atomic mass is 10.2. The van der Waals surface area contributed by atoms with Crippen LogP contribution in [0.4, 0.5) is 5.82 Å². The molecular weight excluding hydrogens is 222 g/mol. The maximum absolute atomic E-state index is 5.78. The van der Waals surface area contributed by atoms with Crippen LogP contribution in [0.3, 0.4) is 0 Å². The molecule has 3 heterocycles. The van der Waals surface area contributed by atoms with Gasteiger partial charge >= 0.3 is 0 Å². The number of thiazole rings is 1. The molecule has 0 fully saturated rings. The van der Waals surface area contributed by atoms with Crippen LogP contribution in [0.1, 0.15) is 5.56 Å². The summed E-state index contributed by atoms with van der Waals surface area (Å²) in [6, 6.07) is 0. The summed E-state index contributed by atoms with van der Waals surface area (Å²) in [6.07, 6.45) is 3.61. The molecule has 0 bridgehead atoms. The van der Waals surface area contributed by atoms with Crippen LogP contribution in [-0.4, -0.2) is 19.2 Å². The van der Waals surface area contributed by atoms with E-state index in [2.05, 4.69) is 15.5 Å². The third kappa shape index (κ3) is 1.10. The van der Waals surface area contributed by atoms with Crippen LogP contribution in [0.25, 0.3) is 16.2 Å². The number of aryl methyl sites for hydroxylation is 2. The molecule has 82 valence electrons. The van der Waals surface area contributed by atoms with Crippen molar-refractivity contribution in [3.63, 3.8) is 0 Å². The zero-order chi connectivity index (χ0) is 11.3. The van der Waals surface area contributed by atoms with Gasteiger partial charge in [-0.15, -0.1) is 11.3 Å². The van der Waals surface area contributed by atoms with E-state index in [1.807, 2.05) is 29.3 Å². The monoisotopic (exact) mass is 233 g/mol. The van der Waals surface area contributed by atoms with Crippen molar-refractivity contribution in [1.82, 2.24) is 19.2 Å². The largest absolute Gasteiger partial charge is 0.381 e. The lowest BCUT2D eigenvalue weighted by Crippen LogP contribution is -1.96. The number of hydrogen-bond donors (Lipinski definition) is 1. The van der Waals surface area contributed by atoms with E-state index in [1.54, 1.807) is 17.7 Å². The molecule has 0 saturated heterocycles. The average molecular weight is 233 g/mol. The van der Waals surface area contributed by atoms with E-state index < -0.39 is 0 Å². The Bertz CT molecular complexity index is 640. The Labute approximate surface area is 96.1 Å². The summed E-state index contributed by atoms with van der Waals surface area (Å²) < 4.78 is 3.87. The average Bonchev–Trinajstić information content (AvgIpc) is 2.88. The summed E-state index contributed by atoms with van der Waals surface area (Å²) in [4.78, 5) is 5.09. The van der Waals surface area contributed by atoms with Gasteiger partial charge in [0.1, 0.15) is 11.2 Å². The summed E-state index contributed by atoms with van der Waals surface area (Å²) in [5, 5.41) is 6.32. The lowest BCUT2D eigenvalue weighted by Gasteiger charge is -2.01. The third-order valence-electron chi connectivity index (χ3n) is 2.66. The number of nitrogens with zero attached hydrogens (tertiary/aromatic N) is 4. The summed E-state index contributed by atoms with van der Waals surface area (Å²) in [5.74, 6) is 0.580. The topological polar surface area (TPSA) is 61.1 Å². The first-order valence-corrected chi connectivity index (χ1v) is 5.75. The van der Waals surface area contributed by atoms with Crippen molar-refractivity contribution in [3.05, 3.63) is 23.5 Å². The van der Waals surface area contributed by atoms with Crippen LogP contribution in [0, 0.1) is 6.92 Å². The summed E-state index contributed by atoms with van der Waals surface area (Å²) in [6.45, 7) is 2.05. The van der Waals surface area contributed by atoms with Crippen LogP contribution in [0.15, 0.2) is 17.9 Å². The van der Waals surface area contributed by atoms with Crippen LogP contribution >= 0.6 is 11.3 Å². The molecule has 3 aromatic heterocycles. The molecule has 5 nitrogen and oxygen atoms in total. The minimum Gasteiger partial charge on any atom is -0.381 e. The van der Waals surface area contributed by atoms with Crippen LogP contribution in [0.5, 0.6) is 0 Å². The molecule has 0 amide bonds. The molecule has 0 spiro atoms. The van der Waals surface area contributed by atoms with Gasteiger partial charge in [0.25, 0.3) is 0 Å². The van der Waals surface area contributed by atoms with Gasteiger partial charge in [0.05, 0.1) is 17.6 Å². The van der Waals surface area contributed by atoms with Gasteiger partial charge in [-0.25, -0.2) is 4.98 Å². The Morgan fingerprint density at radius 2 is 2.25 bits per heavy atom. The first kappa shape index (κ1) is 9.41. The van der Waals surface area contributed by atoms with Crippen LogP contribution in [0.2, 0.25) is 0 Å². The molecule has 3 aromatic rings. The number of aromatic nitrogens is 4. The van der Waals surface area contributed by atoms with Gasteiger partial charge in [0, 0.05) is 12.4 Å². The maximum Gasteiger partial charge on any atom is 0.160 e. The maximum atomic E-state index is 5.78. The standard InChI is InChI=1S/C10H11N5S/c1-6-3-13-14(2)8(6)7-4-16-10-9(11)12-5-15(7)10/h3-5H,11H2,1-2H3. The second-order valence-corrected chi connectivity index (χ2v) is 4.58. The van der Waals surface area contributed by atoms with Crippen LogP contribution < -0.4 is 5.73 Å². The van der Waals surface area contributed by atoms with Crippen molar-refractivity contribution in [2.45, 2.75) is 6.92 Å². The predicted octanol–water partition coefficient (Wildman–Crippen LogP) is 1.69. The van der Waals surface area contributed by atoms with E-state index in [-0.39, 0.29) is 0 Å². The number of hydrogen-bond acceptors (Lipinski definition) is 4. The smallest absolute Gasteiger partial charge is 0.160 e. The molecule has 6 heteroatoms. The van der Waals surface area contributed by atoms with Crippen LogP contribution in [-0.2, 0) is 7.05 Å². The number of anilines is 1. The highest BCUT2D eigenvalue weighted by atomic mass is 32.1. The first-order chi connectivity index (χ1) is 7.68. The van der Waals surface area contributed by atoms with Gasteiger partial charge in [-0.3, -0.25) is 9.08 Å². The van der Waals surface area contributed by atoms with Gasteiger partial charge < -0.3 is 5.73 Å². The molecule has 0 aliphatic heterocycles. The lowest BCUT2D eigenvalue weighted by molar-refractivity contribution is 0.772. The van der Waals surface area contributed by atoms with Crippen molar-refractivity contribution in [3.8, 4) is 11.4 Å². The summed E-state index contributed by atoms with van der Waals surface area (Å²) in [7, 11) is 1.94. The Kier molecular flexibility index (Phi) is 1.81. The van der Waals surface area contributed by atoms with Crippen molar-refractivity contribution in [2.24, 2.45) is 7.05 Å². The number of rotatable bonds is 1. The Morgan fingerprint density at radius 3 is 2.94 bits per heavy atom. The molecule has 0 aliphatic carbocycles. The van der Waals surface area contributed by atoms with Crippen molar-refractivity contribution in [1.29, 1.82) is 0 Å². The number of nitrogens with two attached hydrogens (primary N) is 1. The highest BCUT2D eigenvalue weighted by Gasteiger charge is 2.14. The number of nitrogen functional groups attached to an aromatic ring is 1. The van der Waals surface area contributed by atoms with E-state index >= 15 is 0 Å². The fourth-order valence-corrected chi connectivity index (χ4v) is 2.77. The van der Waals surface area contributed by atoms with E-state index in [9.17, 15) is 0 Å². The minimum atomic E-state index is 0.580. The van der Waals surface area contributed by atoms with E-state index in [1.165, 1.54) is 0 Å². The molecular formula is C10H11N5S. The zero-order valence-electron chi connectivity index (χ0n) is 9.01. The Morgan fingerprint density at radius 1 is 1.44 bits per heavy atom. The summed E-state index contributed by atoms with van der Waals surface area (Å²) >= 11 is 1.60. The van der Waals surface area contributed by atoms with Gasteiger partial charge in [0.15, 0.2) is 5.82 Å². The minimum absolute atomic E-state index is 0.580. The van der Waals surface area contributed by atoms with E-state index in [0.717, 1.165) is 21.8 Å². The molecule has 0 aliphatic rings. The molecule has 16 heavy (non-hydrogen) atoms. The quantitative estimate of drug-likeness (QED) is 0.695. The van der Waals surface area contributed by atoms with Gasteiger partial charge in [0.2, 0.25) is 0 Å². The molecule has 2 N–H and O–H groups in total. The normalized spacial score (nSPS) is 11.4. The molecule has 0 unspecified atom stereocenters. The van der Waals surface area contributed by atoms with E-state index in [0.29, 0.717) is 5.82 Å². The molecule has 3 rings (SSSR count). The number of imidazole rings is 1. The van der Waals surface area contributed by atoms with E-state index in [4.69, 9.17) is 5.73 Å². The van der Waals surface area contributed by atoms with Gasteiger partial charge in [-0.1, -0.05) is 0 Å². The second kappa shape index (κ2) is 3.08. The van der Waals surface area contributed by atoms with Crippen molar-refractivity contribution < 1.29 is 0 Å². The first-order valence-electron chi connectivity index (χ1n) is 4.87. The SMILES string of the molecule is Cc1cnn(C)c1-c1csc2c(N)ncn12. The highest BCUT2D eigenvalue weighted by Crippen LogP contribution is 2.30. The zero-order valence-corrected chi connectivity index (χ0v) is 9.82. The molecule has 0 atom stereocenters. The number of fused-ring (bicyclic) bond motifs is 1. The fourth-order valence-electron chi connectivity index (χ4n) is 1.89. The Balaban J connectivity index is 2.34. The van der Waals surface area contributed by atoms with Gasteiger partial charge in [-0.2, -0.15) is 5.10 Å². The predicted molar refractivity (Wildman–Crippen MR) is 64.4 cm³/mol. The van der Waals surface area contributed by atoms with Crippen molar-refractivity contribution in [2.75, 3.05) is 5.73 Å². The molecule has 0 saturated carbocycles. The molecule has 0 radical (unpaired) electrons. The van der Waals surface area contributed by atoms with Gasteiger partial charge in [-0.05, 0) is 12.5 Å².